The zero-order valence-corrected chi connectivity index (χ0v) is 12.5. The molecule has 2 aliphatic rings. The number of carbonyl (C=O) groups excluding carboxylic acids is 1. The summed E-state index contributed by atoms with van der Waals surface area (Å²) in [4.78, 5) is 13.7. The Morgan fingerprint density at radius 3 is 2.50 bits per heavy atom. The number of hydrogen-bond donors (Lipinski definition) is 0. The van der Waals surface area contributed by atoms with Gasteiger partial charge in [-0.1, -0.05) is 0 Å². The van der Waals surface area contributed by atoms with Crippen LogP contribution in [0.3, 0.4) is 0 Å². The molecule has 1 aliphatic heterocycles. The van der Waals surface area contributed by atoms with Gasteiger partial charge in [0.25, 0.3) is 0 Å². The van der Waals surface area contributed by atoms with Gasteiger partial charge in [-0.3, -0.25) is 0 Å². The molecule has 0 radical (unpaired) electrons. The first-order valence-electron chi connectivity index (χ1n) is 6.09. The molecule has 2 fully saturated rings. The maximum absolute atomic E-state index is 12.1. The van der Waals surface area contributed by atoms with E-state index in [4.69, 9.17) is 32.7 Å². The molecular weight excluding hydrogens is 277 g/mol. The Morgan fingerprint density at radius 1 is 1.39 bits per heavy atom. The van der Waals surface area contributed by atoms with E-state index in [0.717, 1.165) is 0 Å². The molecule has 1 amide bonds. The van der Waals surface area contributed by atoms with Gasteiger partial charge in [-0.25, -0.2) is 4.79 Å². The predicted molar refractivity (Wildman–Crippen MR) is 70.1 cm³/mol. The van der Waals surface area contributed by atoms with Gasteiger partial charge in [0.15, 0.2) is 0 Å². The number of amides is 1. The summed E-state index contributed by atoms with van der Waals surface area (Å²) in [5.74, 6) is 0. The molecule has 6 heteroatoms. The summed E-state index contributed by atoms with van der Waals surface area (Å²) in [5, 5.41) is 0. The highest BCUT2D eigenvalue weighted by Crippen LogP contribution is 2.64. The molecule has 4 nitrogen and oxygen atoms in total. The van der Waals surface area contributed by atoms with Crippen LogP contribution in [0, 0.1) is 5.41 Å². The van der Waals surface area contributed by atoms with Crippen LogP contribution in [-0.4, -0.2) is 47.2 Å². The van der Waals surface area contributed by atoms with Crippen molar-refractivity contribution < 1.29 is 14.3 Å². The maximum Gasteiger partial charge on any atom is 0.410 e. The minimum absolute atomic E-state index is 0.330. The fourth-order valence-corrected chi connectivity index (χ4v) is 2.86. The molecule has 0 N–H and O–H groups in total. The molecule has 1 spiro atoms. The first-order valence-corrected chi connectivity index (χ1v) is 6.84. The van der Waals surface area contributed by atoms with E-state index in [9.17, 15) is 4.79 Å². The third-order valence-electron chi connectivity index (χ3n) is 3.24. The fourth-order valence-electron chi connectivity index (χ4n) is 2.12. The fraction of sp³-hybridized carbons (Fsp3) is 0.917. The van der Waals surface area contributed by atoms with Crippen molar-refractivity contribution in [3.05, 3.63) is 0 Å². The number of nitrogens with zero attached hydrogens (tertiary/aromatic N) is 1. The van der Waals surface area contributed by atoms with Crippen LogP contribution in [0.5, 0.6) is 0 Å². The van der Waals surface area contributed by atoms with Crippen molar-refractivity contribution in [2.24, 2.45) is 5.41 Å². The highest BCUT2D eigenvalue weighted by Gasteiger charge is 2.67. The Kier molecular flexibility index (Phi) is 3.50. The van der Waals surface area contributed by atoms with Crippen LogP contribution in [0.25, 0.3) is 0 Å². The lowest BCUT2D eigenvalue weighted by molar-refractivity contribution is 0.0228. The third-order valence-corrected chi connectivity index (χ3v) is 4.31. The average molecular weight is 296 g/mol. The molecule has 0 bridgehead atoms. The number of rotatable bonds is 0. The molecule has 1 saturated heterocycles. The van der Waals surface area contributed by atoms with E-state index < -0.39 is 9.93 Å². The van der Waals surface area contributed by atoms with Gasteiger partial charge < -0.3 is 14.4 Å². The SMILES string of the molecule is CC(C)(C)OC(=O)N1CCOCC2(C1)CC2(Cl)Cl. The lowest BCUT2D eigenvalue weighted by atomic mass is 10.1. The van der Waals surface area contributed by atoms with Crippen molar-refractivity contribution in [3.8, 4) is 0 Å². The third kappa shape index (κ3) is 2.86. The van der Waals surface area contributed by atoms with Gasteiger partial charge in [-0.05, 0) is 27.2 Å². The predicted octanol–water partition coefficient (Wildman–Crippen LogP) is 2.82. The Labute approximate surface area is 117 Å². The Hall–Kier alpha value is -0.190. The van der Waals surface area contributed by atoms with E-state index in [1.165, 1.54) is 0 Å². The molecule has 0 aromatic heterocycles. The van der Waals surface area contributed by atoms with Gasteiger partial charge in [0.05, 0.1) is 13.2 Å². The van der Waals surface area contributed by atoms with Crippen LogP contribution in [0.15, 0.2) is 0 Å². The summed E-state index contributed by atoms with van der Waals surface area (Å²) >= 11 is 12.3. The summed E-state index contributed by atoms with van der Waals surface area (Å²) in [6.45, 7) is 7.54. The summed E-state index contributed by atoms with van der Waals surface area (Å²) < 4.78 is 10.1. The standard InChI is InChI=1S/C12H19Cl2NO3/c1-10(2,3)18-9(16)15-4-5-17-8-11(7-15)6-12(11,13)14/h4-8H2,1-3H3. The summed E-state index contributed by atoms with van der Waals surface area (Å²) in [7, 11) is 0. The van der Waals surface area contributed by atoms with Gasteiger partial charge in [0, 0.05) is 18.5 Å². The molecule has 1 atom stereocenters. The topological polar surface area (TPSA) is 38.8 Å². The van der Waals surface area contributed by atoms with E-state index in [-0.39, 0.29) is 11.5 Å². The quantitative estimate of drug-likeness (QED) is 0.645. The van der Waals surface area contributed by atoms with Crippen LogP contribution >= 0.6 is 23.2 Å². The largest absolute Gasteiger partial charge is 0.444 e. The minimum Gasteiger partial charge on any atom is -0.444 e. The number of hydrogen-bond acceptors (Lipinski definition) is 3. The zero-order chi connectivity index (χ0) is 13.6. The lowest BCUT2D eigenvalue weighted by Gasteiger charge is -2.28. The van der Waals surface area contributed by atoms with E-state index in [1.807, 2.05) is 20.8 Å². The molecular formula is C12H19Cl2NO3. The second-order valence-electron chi connectivity index (χ2n) is 6.12. The van der Waals surface area contributed by atoms with Gasteiger partial charge in [0.2, 0.25) is 0 Å². The molecule has 1 unspecified atom stereocenters. The van der Waals surface area contributed by atoms with Crippen molar-refractivity contribution in [3.63, 3.8) is 0 Å². The summed E-state index contributed by atoms with van der Waals surface area (Å²) in [6.07, 6.45) is 0.325. The Bertz CT molecular complexity index is 354. The van der Waals surface area contributed by atoms with Gasteiger partial charge in [-0.2, -0.15) is 0 Å². The van der Waals surface area contributed by atoms with E-state index in [0.29, 0.717) is 32.7 Å². The van der Waals surface area contributed by atoms with Crippen LogP contribution in [-0.2, 0) is 9.47 Å². The van der Waals surface area contributed by atoms with Crippen LogP contribution < -0.4 is 0 Å². The zero-order valence-electron chi connectivity index (χ0n) is 11.0. The molecule has 2 rings (SSSR count). The number of alkyl halides is 2. The van der Waals surface area contributed by atoms with Crippen molar-refractivity contribution in [2.45, 2.75) is 37.1 Å². The second-order valence-corrected chi connectivity index (χ2v) is 7.60. The highest BCUT2D eigenvalue weighted by molar-refractivity contribution is 6.51. The normalized spacial score (nSPS) is 31.1. The second kappa shape index (κ2) is 4.43. The van der Waals surface area contributed by atoms with E-state index in [2.05, 4.69) is 0 Å². The highest BCUT2D eigenvalue weighted by atomic mass is 35.5. The molecule has 0 aromatic carbocycles. The number of halogens is 2. The van der Waals surface area contributed by atoms with Crippen molar-refractivity contribution in [1.82, 2.24) is 4.90 Å². The van der Waals surface area contributed by atoms with Crippen molar-refractivity contribution >= 4 is 29.3 Å². The number of carbonyl (C=O) groups is 1. The smallest absolute Gasteiger partial charge is 0.410 e. The molecule has 1 heterocycles. The monoisotopic (exact) mass is 295 g/mol. The molecule has 1 saturated carbocycles. The summed E-state index contributed by atoms with van der Waals surface area (Å²) in [6, 6.07) is 0. The lowest BCUT2D eigenvalue weighted by Crippen LogP contribution is -2.41. The Morgan fingerprint density at radius 2 is 2.00 bits per heavy atom. The molecule has 104 valence electrons. The van der Waals surface area contributed by atoms with Gasteiger partial charge >= 0.3 is 6.09 Å². The van der Waals surface area contributed by atoms with E-state index in [1.54, 1.807) is 4.90 Å². The Balaban J connectivity index is 2.03. The van der Waals surface area contributed by atoms with Crippen LogP contribution in [0.1, 0.15) is 27.2 Å². The summed E-state index contributed by atoms with van der Waals surface area (Å²) in [5.41, 5.74) is -0.830. The van der Waals surface area contributed by atoms with Crippen molar-refractivity contribution in [1.29, 1.82) is 0 Å². The first-order chi connectivity index (χ1) is 8.15. The minimum atomic E-state index is -0.780. The van der Waals surface area contributed by atoms with Gasteiger partial charge in [-0.15, -0.1) is 23.2 Å². The van der Waals surface area contributed by atoms with Crippen molar-refractivity contribution in [2.75, 3.05) is 26.3 Å². The van der Waals surface area contributed by atoms with Gasteiger partial charge in [0.1, 0.15) is 9.93 Å². The molecule has 18 heavy (non-hydrogen) atoms. The first kappa shape index (κ1) is 14.2. The van der Waals surface area contributed by atoms with Crippen LogP contribution in [0.4, 0.5) is 4.79 Å². The molecule has 1 aliphatic carbocycles. The maximum atomic E-state index is 12.1. The van der Waals surface area contributed by atoms with E-state index >= 15 is 0 Å². The number of ether oxygens (including phenoxy) is 2. The average Bonchev–Trinajstić information content (AvgIpc) is 2.78. The molecule has 0 aromatic rings. The van der Waals surface area contributed by atoms with Crippen LogP contribution in [0.2, 0.25) is 0 Å².